The fraction of sp³-hybridized carbons (Fsp3) is 1.00. The van der Waals surface area contributed by atoms with Gasteiger partial charge in [-0.15, -0.1) is 0 Å². The predicted molar refractivity (Wildman–Crippen MR) is 36.3 cm³/mol. The molecule has 0 aromatic rings. The average molecular weight is 126 g/mol. The van der Waals surface area contributed by atoms with Gasteiger partial charge in [-0.2, -0.15) is 0 Å². The minimum absolute atomic E-state index is 0.324. The Morgan fingerprint density at radius 3 is 2.56 bits per heavy atom. The van der Waals surface area contributed by atoms with E-state index >= 15 is 0 Å². The van der Waals surface area contributed by atoms with Gasteiger partial charge in [-0.3, -0.25) is 0 Å². The Bertz CT molecular complexity index is 112. The van der Waals surface area contributed by atoms with E-state index < -0.39 is 0 Å². The molecule has 1 heterocycles. The van der Waals surface area contributed by atoms with Gasteiger partial charge in [-0.05, 0) is 19.3 Å². The van der Waals surface area contributed by atoms with Crippen molar-refractivity contribution in [2.75, 3.05) is 6.61 Å². The SMILES string of the molecule is CC1(CC2CCC2)CO1. The normalized spacial score (nSPS) is 42.3. The van der Waals surface area contributed by atoms with Crippen LogP contribution in [0.4, 0.5) is 0 Å². The molecular formula is C8H14O. The van der Waals surface area contributed by atoms with E-state index in [1.54, 1.807) is 0 Å². The molecule has 0 bridgehead atoms. The molecule has 1 saturated carbocycles. The number of hydrogen-bond acceptors (Lipinski definition) is 1. The van der Waals surface area contributed by atoms with E-state index in [-0.39, 0.29) is 0 Å². The van der Waals surface area contributed by atoms with Gasteiger partial charge in [0, 0.05) is 0 Å². The summed E-state index contributed by atoms with van der Waals surface area (Å²) in [6, 6.07) is 0. The van der Waals surface area contributed by atoms with Crippen molar-refractivity contribution in [2.45, 2.75) is 38.2 Å². The maximum Gasteiger partial charge on any atom is 0.0891 e. The molecule has 2 aliphatic rings. The van der Waals surface area contributed by atoms with Gasteiger partial charge < -0.3 is 4.74 Å². The largest absolute Gasteiger partial charge is 0.370 e. The maximum atomic E-state index is 5.30. The fourth-order valence-electron chi connectivity index (χ4n) is 1.55. The lowest BCUT2D eigenvalue weighted by molar-refractivity contribution is 0.210. The molecule has 52 valence electrons. The quantitative estimate of drug-likeness (QED) is 0.515. The summed E-state index contributed by atoms with van der Waals surface area (Å²) < 4.78 is 5.30. The highest BCUT2D eigenvalue weighted by atomic mass is 16.6. The first-order valence-corrected chi connectivity index (χ1v) is 3.92. The Morgan fingerprint density at radius 2 is 2.22 bits per heavy atom. The van der Waals surface area contributed by atoms with E-state index in [2.05, 4.69) is 6.92 Å². The average Bonchev–Trinajstić information content (AvgIpc) is 2.39. The number of rotatable bonds is 2. The van der Waals surface area contributed by atoms with Gasteiger partial charge in [-0.25, -0.2) is 0 Å². The fourth-order valence-corrected chi connectivity index (χ4v) is 1.55. The van der Waals surface area contributed by atoms with E-state index in [1.807, 2.05) is 0 Å². The third kappa shape index (κ3) is 1.11. The third-order valence-corrected chi connectivity index (χ3v) is 2.58. The minimum Gasteiger partial charge on any atom is -0.370 e. The van der Waals surface area contributed by atoms with Crippen LogP contribution in [0.1, 0.15) is 32.6 Å². The van der Waals surface area contributed by atoms with Crippen molar-refractivity contribution in [3.8, 4) is 0 Å². The summed E-state index contributed by atoms with van der Waals surface area (Å²) in [6.07, 6.45) is 5.70. The second-order valence-electron chi connectivity index (χ2n) is 3.74. The third-order valence-electron chi connectivity index (χ3n) is 2.58. The summed E-state index contributed by atoms with van der Waals surface area (Å²) in [5, 5.41) is 0. The molecule has 1 aliphatic carbocycles. The lowest BCUT2D eigenvalue weighted by atomic mass is 9.79. The molecule has 0 N–H and O–H groups in total. The Labute approximate surface area is 56.4 Å². The first kappa shape index (κ1) is 5.72. The van der Waals surface area contributed by atoms with Gasteiger partial charge >= 0.3 is 0 Å². The van der Waals surface area contributed by atoms with Gasteiger partial charge in [0.25, 0.3) is 0 Å². The predicted octanol–water partition coefficient (Wildman–Crippen LogP) is 1.97. The van der Waals surface area contributed by atoms with Crippen molar-refractivity contribution in [3.63, 3.8) is 0 Å². The Hall–Kier alpha value is -0.0400. The van der Waals surface area contributed by atoms with E-state index in [1.165, 1.54) is 25.7 Å². The van der Waals surface area contributed by atoms with Gasteiger partial charge in [-0.1, -0.05) is 19.3 Å². The molecule has 1 unspecified atom stereocenters. The Morgan fingerprint density at radius 1 is 1.56 bits per heavy atom. The van der Waals surface area contributed by atoms with Gasteiger partial charge in [0.1, 0.15) is 0 Å². The maximum absolute atomic E-state index is 5.30. The zero-order chi connectivity index (χ0) is 6.32. The molecule has 0 radical (unpaired) electrons. The van der Waals surface area contributed by atoms with Crippen LogP contribution in [0.2, 0.25) is 0 Å². The number of hydrogen-bond donors (Lipinski definition) is 0. The molecule has 1 aliphatic heterocycles. The smallest absolute Gasteiger partial charge is 0.0891 e. The highest BCUT2D eigenvalue weighted by Crippen LogP contribution is 2.40. The molecule has 2 fully saturated rings. The van der Waals surface area contributed by atoms with E-state index in [4.69, 9.17) is 4.74 Å². The van der Waals surface area contributed by atoms with E-state index in [0.29, 0.717) is 5.60 Å². The van der Waals surface area contributed by atoms with Crippen LogP contribution in [0.15, 0.2) is 0 Å². The number of epoxide rings is 1. The van der Waals surface area contributed by atoms with E-state index in [0.717, 1.165) is 12.5 Å². The first-order valence-electron chi connectivity index (χ1n) is 3.92. The van der Waals surface area contributed by atoms with Crippen LogP contribution in [-0.4, -0.2) is 12.2 Å². The zero-order valence-corrected chi connectivity index (χ0v) is 6.02. The highest BCUT2D eigenvalue weighted by Gasteiger charge is 2.41. The summed E-state index contributed by atoms with van der Waals surface area (Å²) in [5.41, 5.74) is 0.324. The van der Waals surface area contributed by atoms with Gasteiger partial charge in [0.15, 0.2) is 0 Å². The van der Waals surface area contributed by atoms with Gasteiger partial charge in [0.2, 0.25) is 0 Å². The highest BCUT2D eigenvalue weighted by molar-refractivity contribution is 4.90. The molecule has 1 atom stereocenters. The Balaban J connectivity index is 1.76. The second kappa shape index (κ2) is 1.72. The summed E-state index contributed by atoms with van der Waals surface area (Å²) in [5.74, 6) is 1.01. The minimum atomic E-state index is 0.324. The molecule has 1 heteroatoms. The molecular weight excluding hydrogens is 112 g/mol. The van der Waals surface area contributed by atoms with Crippen LogP contribution >= 0.6 is 0 Å². The molecule has 2 rings (SSSR count). The number of ether oxygens (including phenoxy) is 1. The molecule has 1 nitrogen and oxygen atoms in total. The molecule has 0 aromatic heterocycles. The molecule has 0 spiro atoms. The molecule has 9 heavy (non-hydrogen) atoms. The van der Waals surface area contributed by atoms with E-state index in [9.17, 15) is 0 Å². The zero-order valence-electron chi connectivity index (χ0n) is 6.02. The van der Waals surface area contributed by atoms with Crippen LogP contribution in [0, 0.1) is 5.92 Å². The van der Waals surface area contributed by atoms with Crippen LogP contribution < -0.4 is 0 Å². The second-order valence-corrected chi connectivity index (χ2v) is 3.74. The van der Waals surface area contributed by atoms with Crippen LogP contribution in [0.25, 0.3) is 0 Å². The van der Waals surface area contributed by atoms with Crippen LogP contribution in [-0.2, 0) is 4.74 Å². The lowest BCUT2D eigenvalue weighted by Crippen LogP contribution is -2.18. The van der Waals surface area contributed by atoms with Crippen molar-refractivity contribution >= 4 is 0 Å². The van der Waals surface area contributed by atoms with Crippen molar-refractivity contribution in [1.82, 2.24) is 0 Å². The van der Waals surface area contributed by atoms with Crippen LogP contribution in [0.3, 0.4) is 0 Å². The molecule has 0 aromatic carbocycles. The first-order chi connectivity index (χ1) is 4.29. The van der Waals surface area contributed by atoms with Crippen LogP contribution in [0.5, 0.6) is 0 Å². The summed E-state index contributed by atoms with van der Waals surface area (Å²) in [7, 11) is 0. The van der Waals surface area contributed by atoms with Gasteiger partial charge in [0.05, 0.1) is 12.2 Å². The standard InChI is InChI=1S/C8H14O/c1-8(6-9-8)5-7-3-2-4-7/h7H,2-6H2,1H3. The summed E-state index contributed by atoms with van der Waals surface area (Å²) >= 11 is 0. The topological polar surface area (TPSA) is 12.5 Å². The van der Waals surface area contributed by atoms with Crippen molar-refractivity contribution in [2.24, 2.45) is 5.92 Å². The Kier molecular flexibility index (Phi) is 1.10. The lowest BCUT2D eigenvalue weighted by Gasteiger charge is -2.26. The monoisotopic (exact) mass is 126 g/mol. The van der Waals surface area contributed by atoms with Crippen molar-refractivity contribution in [3.05, 3.63) is 0 Å². The van der Waals surface area contributed by atoms with Crippen molar-refractivity contribution < 1.29 is 4.74 Å². The molecule has 0 amide bonds. The summed E-state index contributed by atoms with van der Waals surface area (Å²) in [4.78, 5) is 0. The molecule has 1 saturated heterocycles. The van der Waals surface area contributed by atoms with Crippen molar-refractivity contribution in [1.29, 1.82) is 0 Å². The summed E-state index contributed by atoms with van der Waals surface area (Å²) in [6.45, 7) is 3.24.